The molecule has 1 fully saturated rings. The van der Waals surface area contributed by atoms with Crippen molar-refractivity contribution in [3.8, 4) is 5.75 Å². The Balaban J connectivity index is 2.25. The fourth-order valence-electron chi connectivity index (χ4n) is 2.64. The summed E-state index contributed by atoms with van der Waals surface area (Å²) in [7, 11) is 1.44. The van der Waals surface area contributed by atoms with Crippen LogP contribution in [0.4, 0.5) is 5.82 Å². The molecule has 0 aromatic carbocycles. The van der Waals surface area contributed by atoms with Crippen LogP contribution >= 0.6 is 0 Å². The number of ether oxygens (including phenoxy) is 1. The fourth-order valence-corrected chi connectivity index (χ4v) is 2.64. The van der Waals surface area contributed by atoms with Crippen LogP contribution in [0, 0.1) is 0 Å². The molecule has 0 saturated carbocycles. The number of methoxy groups -OCH3 is 1. The first kappa shape index (κ1) is 14.4. The van der Waals surface area contributed by atoms with Gasteiger partial charge in [-0.15, -0.1) is 0 Å². The quantitative estimate of drug-likeness (QED) is 0.836. The lowest BCUT2D eigenvalue weighted by Gasteiger charge is -2.36. The van der Waals surface area contributed by atoms with Gasteiger partial charge in [-0.2, -0.15) is 0 Å². The molecule has 1 aromatic rings. The summed E-state index contributed by atoms with van der Waals surface area (Å²) in [5, 5.41) is 8.83. The Kier molecular flexibility index (Phi) is 4.60. The average Bonchev–Trinajstić information content (AvgIpc) is 2.45. The number of nitrogens with one attached hydrogen (secondary N) is 1. The molecule has 1 unspecified atom stereocenters. The summed E-state index contributed by atoms with van der Waals surface area (Å²) in [6, 6.07) is 0.0862. The molecular weight excluding hydrogens is 262 g/mol. The van der Waals surface area contributed by atoms with E-state index in [1.54, 1.807) is 0 Å². The minimum Gasteiger partial charge on any atom is -0.489 e. The van der Waals surface area contributed by atoms with E-state index < -0.39 is 5.97 Å². The summed E-state index contributed by atoms with van der Waals surface area (Å²) < 4.78 is 5.14. The number of aromatic amines is 1. The molecule has 1 aromatic heterocycles. The normalized spacial score (nSPS) is 18.9. The van der Waals surface area contributed by atoms with Crippen LogP contribution in [-0.4, -0.2) is 40.7 Å². The van der Waals surface area contributed by atoms with E-state index >= 15 is 0 Å². The number of hydrogen-bond donors (Lipinski definition) is 2. The van der Waals surface area contributed by atoms with Gasteiger partial charge in [-0.3, -0.25) is 9.59 Å². The number of hydrogen-bond acceptors (Lipinski definition) is 5. The van der Waals surface area contributed by atoms with Gasteiger partial charge in [0.05, 0.1) is 13.4 Å². The number of H-pyrrole nitrogens is 1. The second-order valence-corrected chi connectivity index (χ2v) is 4.86. The van der Waals surface area contributed by atoms with Crippen molar-refractivity contribution in [2.45, 2.75) is 38.1 Å². The molecule has 7 heteroatoms. The monoisotopic (exact) mass is 281 g/mol. The number of aliphatic carboxylic acids is 1. The molecule has 0 amide bonds. The first-order chi connectivity index (χ1) is 9.63. The summed E-state index contributed by atoms with van der Waals surface area (Å²) >= 11 is 0. The van der Waals surface area contributed by atoms with E-state index in [9.17, 15) is 9.59 Å². The highest BCUT2D eigenvalue weighted by Gasteiger charge is 2.27. The smallest absolute Gasteiger partial charge is 0.303 e. The molecule has 1 aliphatic rings. The molecule has 0 spiro atoms. The van der Waals surface area contributed by atoms with E-state index in [1.165, 1.54) is 13.4 Å². The molecular formula is C13H19N3O4. The molecule has 2 N–H and O–H groups in total. The van der Waals surface area contributed by atoms with E-state index in [0.717, 1.165) is 25.8 Å². The molecule has 1 atom stereocenters. The van der Waals surface area contributed by atoms with Gasteiger partial charge in [0.2, 0.25) is 5.75 Å². The Morgan fingerprint density at radius 1 is 1.60 bits per heavy atom. The first-order valence-corrected chi connectivity index (χ1v) is 6.73. The van der Waals surface area contributed by atoms with E-state index in [4.69, 9.17) is 9.84 Å². The number of nitrogens with zero attached hydrogens (tertiary/aromatic N) is 2. The van der Waals surface area contributed by atoms with Crippen LogP contribution in [0.15, 0.2) is 11.1 Å². The van der Waals surface area contributed by atoms with Crippen LogP contribution in [0.3, 0.4) is 0 Å². The molecule has 20 heavy (non-hydrogen) atoms. The number of piperidine rings is 1. The van der Waals surface area contributed by atoms with Crippen molar-refractivity contribution in [3.63, 3.8) is 0 Å². The minimum atomic E-state index is -0.804. The molecule has 1 saturated heterocycles. The van der Waals surface area contributed by atoms with Gasteiger partial charge >= 0.3 is 5.97 Å². The van der Waals surface area contributed by atoms with E-state index in [1.807, 2.05) is 4.90 Å². The molecule has 110 valence electrons. The highest BCUT2D eigenvalue weighted by atomic mass is 16.5. The van der Waals surface area contributed by atoms with Gasteiger partial charge in [0, 0.05) is 19.0 Å². The van der Waals surface area contributed by atoms with Crippen LogP contribution in [0.25, 0.3) is 0 Å². The van der Waals surface area contributed by atoms with Crippen LogP contribution in [0.2, 0.25) is 0 Å². The largest absolute Gasteiger partial charge is 0.489 e. The van der Waals surface area contributed by atoms with Gasteiger partial charge in [-0.1, -0.05) is 0 Å². The zero-order chi connectivity index (χ0) is 14.5. The Hall–Kier alpha value is -2.05. The Bertz CT molecular complexity index is 529. The number of carbonyl (C=O) groups is 1. The van der Waals surface area contributed by atoms with Crippen molar-refractivity contribution in [2.24, 2.45) is 0 Å². The van der Waals surface area contributed by atoms with E-state index in [2.05, 4.69) is 9.97 Å². The van der Waals surface area contributed by atoms with Gasteiger partial charge < -0.3 is 19.7 Å². The summed E-state index contributed by atoms with van der Waals surface area (Å²) in [5.74, 6) is -0.109. The number of aromatic nitrogens is 2. The SMILES string of the molecule is COc1c(N2CCCCC2CCC(=O)O)nc[nH]c1=O. The lowest BCUT2D eigenvalue weighted by atomic mass is 9.98. The van der Waals surface area contributed by atoms with Gasteiger partial charge in [0.15, 0.2) is 5.82 Å². The summed E-state index contributed by atoms with van der Waals surface area (Å²) in [4.78, 5) is 31.2. The predicted molar refractivity (Wildman–Crippen MR) is 73.3 cm³/mol. The summed E-state index contributed by atoms with van der Waals surface area (Å²) in [6.45, 7) is 0.761. The maximum absolute atomic E-state index is 11.7. The van der Waals surface area contributed by atoms with E-state index in [-0.39, 0.29) is 23.8 Å². The molecule has 0 bridgehead atoms. The molecule has 2 heterocycles. The second kappa shape index (κ2) is 6.40. The molecule has 7 nitrogen and oxygen atoms in total. The standard InChI is InChI=1S/C13H19N3O4/c1-20-11-12(14-8-15-13(11)19)16-7-3-2-4-9(16)5-6-10(17)18/h8-9H,2-7H2,1H3,(H,17,18)(H,14,15,19). The highest BCUT2D eigenvalue weighted by molar-refractivity contribution is 5.66. The Morgan fingerprint density at radius 3 is 3.10 bits per heavy atom. The maximum atomic E-state index is 11.7. The highest BCUT2D eigenvalue weighted by Crippen LogP contribution is 2.29. The maximum Gasteiger partial charge on any atom is 0.303 e. The average molecular weight is 281 g/mol. The van der Waals surface area contributed by atoms with Crippen molar-refractivity contribution < 1.29 is 14.6 Å². The van der Waals surface area contributed by atoms with Crippen LogP contribution < -0.4 is 15.2 Å². The van der Waals surface area contributed by atoms with Crippen LogP contribution in [0.5, 0.6) is 5.75 Å². The van der Waals surface area contributed by atoms with Gasteiger partial charge in [0.25, 0.3) is 5.56 Å². The molecule has 2 rings (SSSR count). The minimum absolute atomic E-state index is 0.0862. The zero-order valence-corrected chi connectivity index (χ0v) is 11.5. The van der Waals surface area contributed by atoms with Crippen molar-refractivity contribution in [1.82, 2.24) is 9.97 Å². The molecule has 0 radical (unpaired) electrons. The number of anilines is 1. The zero-order valence-electron chi connectivity index (χ0n) is 11.5. The van der Waals surface area contributed by atoms with Crippen molar-refractivity contribution in [2.75, 3.05) is 18.6 Å². The lowest BCUT2D eigenvalue weighted by molar-refractivity contribution is -0.137. The van der Waals surface area contributed by atoms with Gasteiger partial charge in [0.1, 0.15) is 0 Å². The van der Waals surface area contributed by atoms with Crippen molar-refractivity contribution in [3.05, 3.63) is 16.7 Å². The topological polar surface area (TPSA) is 95.5 Å². The Morgan fingerprint density at radius 2 is 2.40 bits per heavy atom. The third-order valence-electron chi connectivity index (χ3n) is 3.59. The van der Waals surface area contributed by atoms with Crippen LogP contribution in [0.1, 0.15) is 32.1 Å². The number of carboxylic acid groups (broad SMARTS) is 1. The van der Waals surface area contributed by atoms with E-state index in [0.29, 0.717) is 12.2 Å². The van der Waals surface area contributed by atoms with Crippen LogP contribution in [-0.2, 0) is 4.79 Å². The van der Waals surface area contributed by atoms with Crippen molar-refractivity contribution >= 4 is 11.8 Å². The third kappa shape index (κ3) is 3.09. The molecule has 0 aliphatic carbocycles. The van der Waals surface area contributed by atoms with Crippen molar-refractivity contribution in [1.29, 1.82) is 0 Å². The van der Waals surface area contributed by atoms with Gasteiger partial charge in [-0.25, -0.2) is 4.98 Å². The molecule has 1 aliphatic heterocycles. The summed E-state index contributed by atoms with van der Waals surface area (Å²) in [5.41, 5.74) is -0.319. The summed E-state index contributed by atoms with van der Waals surface area (Å²) in [6.07, 6.45) is 4.99. The fraction of sp³-hybridized carbons (Fsp3) is 0.615. The van der Waals surface area contributed by atoms with Gasteiger partial charge in [-0.05, 0) is 25.7 Å². The second-order valence-electron chi connectivity index (χ2n) is 4.86. The third-order valence-corrected chi connectivity index (χ3v) is 3.59. The number of carboxylic acids is 1. The first-order valence-electron chi connectivity index (χ1n) is 6.73. The Labute approximate surface area is 116 Å². The number of rotatable bonds is 5. The lowest BCUT2D eigenvalue weighted by Crippen LogP contribution is -2.41. The predicted octanol–water partition coefficient (Wildman–Crippen LogP) is 1.00.